The standard InChI is InChI=1S/C30H43N7O4Si/c1-20(18-40-42(8,9)30(5,6)7)37-19-32-35-26(37)23-11-10-12-25(33-23)34-27(38)24-15-22-17-36(14-13-21(22)16-31-24)28(39)41-29(2,3)4/h10-12,15-16,19-20H,13-14,17-18H2,1-9H3,(H,33,34,38)/t20-/m1/s1. The van der Waals surface area contributed by atoms with Gasteiger partial charge in [0.05, 0.1) is 12.6 Å². The summed E-state index contributed by atoms with van der Waals surface area (Å²) in [5, 5.41) is 11.4. The maximum Gasteiger partial charge on any atom is 0.410 e. The molecule has 0 fully saturated rings. The minimum Gasteiger partial charge on any atom is -0.444 e. The molecular weight excluding hydrogens is 550 g/mol. The van der Waals surface area contributed by atoms with Gasteiger partial charge in [-0.1, -0.05) is 26.8 Å². The summed E-state index contributed by atoms with van der Waals surface area (Å²) in [6, 6.07) is 7.08. The summed E-state index contributed by atoms with van der Waals surface area (Å²) in [7, 11) is -1.91. The van der Waals surface area contributed by atoms with E-state index in [-0.39, 0.29) is 22.9 Å². The number of carbonyl (C=O) groups is 2. The van der Waals surface area contributed by atoms with E-state index >= 15 is 0 Å². The maximum absolute atomic E-state index is 13.2. The largest absolute Gasteiger partial charge is 0.444 e. The molecule has 4 heterocycles. The van der Waals surface area contributed by atoms with Gasteiger partial charge >= 0.3 is 6.09 Å². The zero-order valence-corrected chi connectivity index (χ0v) is 27.2. The number of rotatable bonds is 7. The first-order valence-electron chi connectivity index (χ1n) is 14.3. The minimum absolute atomic E-state index is 0.0101. The fourth-order valence-electron chi connectivity index (χ4n) is 4.23. The van der Waals surface area contributed by atoms with Gasteiger partial charge < -0.3 is 23.9 Å². The molecule has 2 amide bonds. The Bertz CT molecular complexity index is 1440. The summed E-state index contributed by atoms with van der Waals surface area (Å²) in [5.41, 5.74) is 2.13. The molecule has 1 aliphatic heterocycles. The quantitative estimate of drug-likeness (QED) is 0.338. The average Bonchev–Trinajstić information content (AvgIpc) is 3.40. The fraction of sp³-hybridized carbons (Fsp3) is 0.533. The van der Waals surface area contributed by atoms with Crippen molar-refractivity contribution in [2.75, 3.05) is 18.5 Å². The summed E-state index contributed by atoms with van der Waals surface area (Å²) in [6.45, 7) is 20.1. The zero-order valence-electron chi connectivity index (χ0n) is 26.2. The van der Waals surface area contributed by atoms with E-state index in [2.05, 4.69) is 66.3 Å². The Morgan fingerprint density at radius 1 is 1.12 bits per heavy atom. The van der Waals surface area contributed by atoms with Crippen LogP contribution in [0.15, 0.2) is 36.8 Å². The topological polar surface area (TPSA) is 124 Å². The van der Waals surface area contributed by atoms with E-state index in [9.17, 15) is 9.59 Å². The number of nitrogens with zero attached hydrogens (tertiary/aromatic N) is 6. The van der Waals surface area contributed by atoms with Crippen molar-refractivity contribution in [1.82, 2.24) is 29.6 Å². The highest BCUT2D eigenvalue weighted by Crippen LogP contribution is 2.37. The molecule has 0 radical (unpaired) electrons. The summed E-state index contributed by atoms with van der Waals surface area (Å²) in [4.78, 5) is 36.4. The van der Waals surface area contributed by atoms with Gasteiger partial charge in [-0.2, -0.15) is 0 Å². The molecule has 0 saturated heterocycles. The molecular formula is C30H43N7O4Si. The molecule has 11 nitrogen and oxygen atoms in total. The highest BCUT2D eigenvalue weighted by molar-refractivity contribution is 6.74. The molecule has 0 saturated carbocycles. The molecule has 226 valence electrons. The van der Waals surface area contributed by atoms with Crippen LogP contribution in [0.3, 0.4) is 0 Å². The number of pyridine rings is 2. The van der Waals surface area contributed by atoms with Crippen LogP contribution in [0.25, 0.3) is 11.5 Å². The second-order valence-corrected chi connectivity index (χ2v) is 18.1. The van der Waals surface area contributed by atoms with Gasteiger partial charge in [-0.25, -0.2) is 9.78 Å². The highest BCUT2D eigenvalue weighted by Gasteiger charge is 2.37. The van der Waals surface area contributed by atoms with Crippen molar-refractivity contribution in [2.24, 2.45) is 0 Å². The zero-order chi connectivity index (χ0) is 30.9. The number of hydrogen-bond donors (Lipinski definition) is 1. The number of hydrogen-bond acceptors (Lipinski definition) is 8. The fourth-order valence-corrected chi connectivity index (χ4v) is 5.32. The Hall–Kier alpha value is -3.64. The van der Waals surface area contributed by atoms with Crippen LogP contribution in [0.1, 0.15) is 76.1 Å². The van der Waals surface area contributed by atoms with Gasteiger partial charge in [0.25, 0.3) is 5.91 Å². The molecule has 4 rings (SSSR count). The molecule has 1 aliphatic rings. The average molecular weight is 594 g/mol. The van der Waals surface area contributed by atoms with Crippen molar-refractivity contribution in [3.63, 3.8) is 0 Å². The highest BCUT2D eigenvalue weighted by atomic mass is 28.4. The van der Waals surface area contributed by atoms with E-state index in [0.29, 0.717) is 43.5 Å². The molecule has 0 spiro atoms. The van der Waals surface area contributed by atoms with Crippen LogP contribution in [0, 0.1) is 0 Å². The van der Waals surface area contributed by atoms with Crippen molar-refractivity contribution in [3.05, 3.63) is 53.6 Å². The van der Waals surface area contributed by atoms with Crippen LogP contribution in [-0.4, -0.2) is 68.7 Å². The molecule has 1 N–H and O–H groups in total. The van der Waals surface area contributed by atoms with E-state index < -0.39 is 19.8 Å². The van der Waals surface area contributed by atoms with Crippen molar-refractivity contribution < 1.29 is 18.8 Å². The van der Waals surface area contributed by atoms with Crippen LogP contribution in [0.2, 0.25) is 18.1 Å². The Kier molecular flexibility index (Phi) is 8.88. The van der Waals surface area contributed by atoms with Crippen molar-refractivity contribution in [1.29, 1.82) is 0 Å². The number of anilines is 1. The Balaban J connectivity index is 1.46. The van der Waals surface area contributed by atoms with Gasteiger partial charge in [-0.15, -0.1) is 10.2 Å². The third-order valence-corrected chi connectivity index (χ3v) is 12.2. The molecule has 0 unspecified atom stereocenters. The maximum atomic E-state index is 13.2. The number of ether oxygens (including phenoxy) is 1. The third kappa shape index (κ3) is 7.40. The molecule has 0 aliphatic carbocycles. The summed E-state index contributed by atoms with van der Waals surface area (Å²) in [5.74, 6) is 0.563. The lowest BCUT2D eigenvalue weighted by atomic mass is 10.0. The van der Waals surface area contributed by atoms with Gasteiger partial charge in [-0.05, 0) is 81.6 Å². The van der Waals surface area contributed by atoms with Crippen LogP contribution in [0.5, 0.6) is 0 Å². The predicted molar refractivity (Wildman–Crippen MR) is 164 cm³/mol. The van der Waals surface area contributed by atoms with E-state index in [4.69, 9.17) is 9.16 Å². The van der Waals surface area contributed by atoms with Gasteiger partial charge in [0.1, 0.15) is 29.1 Å². The number of amides is 2. The van der Waals surface area contributed by atoms with E-state index in [1.54, 1.807) is 29.6 Å². The molecule has 12 heteroatoms. The monoisotopic (exact) mass is 593 g/mol. The summed E-state index contributed by atoms with van der Waals surface area (Å²) >= 11 is 0. The van der Waals surface area contributed by atoms with Crippen LogP contribution >= 0.6 is 0 Å². The normalized spacial score (nSPS) is 14.7. The first kappa shape index (κ1) is 31.3. The second-order valence-electron chi connectivity index (χ2n) is 13.3. The van der Waals surface area contributed by atoms with E-state index in [0.717, 1.165) is 11.1 Å². The SMILES string of the molecule is C[C@H](CO[Si](C)(C)C(C)(C)C)n1cnnc1-c1cccc(NC(=O)c2cc3c(cn2)CCN(C(=O)OC(C)(C)C)C3)n1. The molecule has 3 aromatic heterocycles. The molecule has 42 heavy (non-hydrogen) atoms. The van der Waals surface area contributed by atoms with E-state index in [1.807, 2.05) is 37.5 Å². The molecule has 0 aromatic carbocycles. The second kappa shape index (κ2) is 11.9. The van der Waals surface area contributed by atoms with Crippen molar-refractivity contribution >= 4 is 26.1 Å². The number of fused-ring (bicyclic) bond motifs is 1. The number of carbonyl (C=O) groups excluding carboxylic acids is 2. The van der Waals surface area contributed by atoms with Crippen molar-refractivity contribution in [2.45, 2.75) is 91.2 Å². The lowest BCUT2D eigenvalue weighted by Gasteiger charge is -2.37. The Morgan fingerprint density at radius 3 is 2.55 bits per heavy atom. The van der Waals surface area contributed by atoms with Gasteiger partial charge in [0, 0.05) is 19.3 Å². The van der Waals surface area contributed by atoms with Gasteiger partial charge in [-0.3, -0.25) is 9.78 Å². The first-order chi connectivity index (χ1) is 19.5. The van der Waals surface area contributed by atoms with Gasteiger partial charge in [0.2, 0.25) is 0 Å². The van der Waals surface area contributed by atoms with Crippen LogP contribution < -0.4 is 5.32 Å². The third-order valence-electron chi connectivity index (χ3n) is 7.74. The van der Waals surface area contributed by atoms with E-state index in [1.165, 1.54) is 0 Å². The van der Waals surface area contributed by atoms with Crippen LogP contribution in [-0.2, 0) is 22.1 Å². The smallest absolute Gasteiger partial charge is 0.410 e. The number of aromatic nitrogens is 5. The van der Waals surface area contributed by atoms with Crippen molar-refractivity contribution in [3.8, 4) is 11.5 Å². The summed E-state index contributed by atoms with van der Waals surface area (Å²) < 4.78 is 13.9. The summed E-state index contributed by atoms with van der Waals surface area (Å²) in [6.07, 6.45) is 3.66. The number of nitrogens with one attached hydrogen (secondary N) is 1. The molecule has 0 bridgehead atoms. The lowest BCUT2D eigenvalue weighted by Crippen LogP contribution is -2.42. The molecule has 1 atom stereocenters. The van der Waals surface area contributed by atoms with Gasteiger partial charge in [0.15, 0.2) is 14.1 Å². The Morgan fingerprint density at radius 2 is 1.86 bits per heavy atom. The Labute approximate surface area is 249 Å². The lowest BCUT2D eigenvalue weighted by molar-refractivity contribution is 0.0223. The van der Waals surface area contributed by atoms with Crippen LogP contribution in [0.4, 0.5) is 10.6 Å². The predicted octanol–water partition coefficient (Wildman–Crippen LogP) is 5.86. The molecule has 3 aromatic rings. The minimum atomic E-state index is -1.91. The first-order valence-corrected chi connectivity index (χ1v) is 17.2.